The van der Waals surface area contributed by atoms with E-state index in [0.717, 1.165) is 42.5 Å². The zero-order chi connectivity index (χ0) is 34.6. The standard InChI is InChI=1S/C29H30N.C15H28O2.Ir/c1-19-16-20(2)18-22(17-19)28-27-9-8-25-23(21-10-13-29(3,4)14-11-21)6-5-7-24(25)26(27)12-15-30-28;1-7-14(5,8-2)12(16)11-13(17)15(6,9-3)10-4;/h5-9,12,15-17,21H,10-11,13-14H2,1-4H3;11,16H,7-10H2,1-6H3;/q-1;;/b;12-11-;. The maximum atomic E-state index is 12.2. The number of benzene rings is 3. The third-order valence-electron chi connectivity index (χ3n) is 11.6. The van der Waals surface area contributed by atoms with Gasteiger partial charge < -0.3 is 10.1 Å². The van der Waals surface area contributed by atoms with Crippen LogP contribution in [-0.4, -0.2) is 15.9 Å². The molecule has 0 aliphatic heterocycles. The predicted molar refractivity (Wildman–Crippen MR) is 201 cm³/mol. The third kappa shape index (κ3) is 8.67. The number of fused-ring (bicyclic) bond motifs is 3. The summed E-state index contributed by atoms with van der Waals surface area (Å²) in [5.74, 6) is 0.960. The first-order valence-corrected chi connectivity index (χ1v) is 18.0. The van der Waals surface area contributed by atoms with Crippen LogP contribution in [0.3, 0.4) is 0 Å². The van der Waals surface area contributed by atoms with Crippen molar-refractivity contribution in [1.82, 2.24) is 4.98 Å². The van der Waals surface area contributed by atoms with E-state index in [9.17, 15) is 9.90 Å². The number of aliphatic hydroxyl groups excluding tert-OH is 1. The summed E-state index contributed by atoms with van der Waals surface area (Å²) in [6.45, 7) is 21.2. The summed E-state index contributed by atoms with van der Waals surface area (Å²) in [4.78, 5) is 16.9. The van der Waals surface area contributed by atoms with Crippen molar-refractivity contribution in [1.29, 1.82) is 0 Å². The molecule has 1 aliphatic rings. The van der Waals surface area contributed by atoms with E-state index in [4.69, 9.17) is 4.98 Å². The molecule has 1 aromatic heterocycles. The molecule has 1 saturated carbocycles. The summed E-state index contributed by atoms with van der Waals surface area (Å²) >= 11 is 0. The van der Waals surface area contributed by atoms with E-state index in [0.29, 0.717) is 11.3 Å². The molecule has 0 atom stereocenters. The van der Waals surface area contributed by atoms with Crippen LogP contribution in [0.2, 0.25) is 0 Å². The van der Waals surface area contributed by atoms with Gasteiger partial charge >= 0.3 is 0 Å². The maximum Gasteiger partial charge on any atom is 0.164 e. The first-order chi connectivity index (χ1) is 22.2. The van der Waals surface area contributed by atoms with Crippen LogP contribution >= 0.6 is 0 Å². The van der Waals surface area contributed by atoms with Crippen LogP contribution in [0.25, 0.3) is 32.8 Å². The van der Waals surface area contributed by atoms with Crippen LogP contribution in [0, 0.1) is 36.2 Å². The summed E-state index contributed by atoms with van der Waals surface area (Å²) in [6, 6.07) is 21.6. The van der Waals surface area contributed by atoms with Crippen LogP contribution in [0.15, 0.2) is 66.6 Å². The molecule has 1 fully saturated rings. The van der Waals surface area contributed by atoms with E-state index in [1.807, 2.05) is 47.7 Å². The minimum atomic E-state index is -0.337. The summed E-state index contributed by atoms with van der Waals surface area (Å²) in [5.41, 5.74) is 5.96. The minimum Gasteiger partial charge on any atom is -0.512 e. The van der Waals surface area contributed by atoms with Crippen molar-refractivity contribution >= 4 is 27.3 Å². The first kappa shape index (κ1) is 39.6. The second-order valence-corrected chi connectivity index (χ2v) is 15.4. The molecule has 1 N–H and O–H groups in total. The minimum absolute atomic E-state index is 0. The quantitative estimate of drug-likeness (QED) is 0.0792. The Morgan fingerprint density at radius 1 is 0.875 bits per heavy atom. The summed E-state index contributed by atoms with van der Waals surface area (Å²) in [7, 11) is 0. The smallest absolute Gasteiger partial charge is 0.164 e. The molecule has 48 heavy (non-hydrogen) atoms. The van der Waals surface area contributed by atoms with Crippen LogP contribution in [0.5, 0.6) is 0 Å². The average molecular weight is 825 g/mol. The Hall–Kier alpha value is -2.81. The molecule has 1 radical (unpaired) electrons. The summed E-state index contributed by atoms with van der Waals surface area (Å²) in [5, 5.41) is 15.4. The molecule has 3 aromatic carbocycles. The Balaban J connectivity index is 0.000000301. The van der Waals surface area contributed by atoms with Gasteiger partial charge in [-0.3, -0.25) is 4.79 Å². The molecule has 1 heterocycles. The Bertz CT molecular complexity index is 1710. The molecular weight excluding hydrogens is 767 g/mol. The number of aromatic nitrogens is 1. The summed E-state index contributed by atoms with van der Waals surface area (Å²) in [6.07, 6.45) is 11.9. The van der Waals surface area contributed by atoms with Gasteiger partial charge in [0.05, 0.1) is 0 Å². The SMILES string of the molecule is CCC(C)(CC)C(=O)/C=C(\O)C(C)(CC)CC.Cc1[c-]c(-c2nccc3c2ccc2c(C4CCC(C)(C)CC4)cccc23)cc(C)c1.[Ir]. The Morgan fingerprint density at radius 3 is 2.04 bits per heavy atom. The molecule has 4 heteroatoms. The largest absolute Gasteiger partial charge is 0.512 e. The van der Waals surface area contributed by atoms with Crippen LogP contribution < -0.4 is 0 Å². The topological polar surface area (TPSA) is 50.2 Å². The number of hydrogen-bond donors (Lipinski definition) is 1. The number of carbonyl (C=O) groups excluding carboxylic acids is 1. The zero-order valence-corrected chi connectivity index (χ0v) is 33.5. The number of carbonyl (C=O) groups is 1. The normalized spacial score (nSPS) is 15.5. The Kier molecular flexibility index (Phi) is 13.4. The van der Waals surface area contributed by atoms with Gasteiger partial charge in [-0.2, -0.15) is 0 Å². The molecule has 0 saturated heterocycles. The van der Waals surface area contributed by atoms with Crippen molar-refractivity contribution in [2.24, 2.45) is 16.2 Å². The number of nitrogens with zero attached hydrogens (tertiary/aromatic N) is 1. The van der Waals surface area contributed by atoms with Crippen molar-refractivity contribution < 1.29 is 30.0 Å². The van der Waals surface area contributed by atoms with Gasteiger partial charge in [-0.25, -0.2) is 0 Å². The molecule has 0 bridgehead atoms. The molecule has 0 spiro atoms. The van der Waals surface area contributed by atoms with Crippen molar-refractivity contribution in [2.75, 3.05) is 0 Å². The molecule has 0 amide bonds. The van der Waals surface area contributed by atoms with E-state index >= 15 is 0 Å². The number of hydrogen-bond acceptors (Lipinski definition) is 3. The van der Waals surface area contributed by atoms with E-state index in [-0.39, 0.29) is 42.5 Å². The van der Waals surface area contributed by atoms with Gasteiger partial charge in [-0.05, 0) is 102 Å². The van der Waals surface area contributed by atoms with Crippen molar-refractivity contribution in [3.05, 3.63) is 89.3 Å². The molecule has 3 nitrogen and oxygen atoms in total. The molecular formula is C44H58IrNO2-. The average Bonchev–Trinajstić information content (AvgIpc) is 3.06. The number of pyridine rings is 1. The molecule has 0 unspecified atom stereocenters. The number of rotatable bonds is 9. The van der Waals surface area contributed by atoms with Crippen molar-refractivity contribution in [2.45, 2.75) is 127 Å². The van der Waals surface area contributed by atoms with E-state index in [1.165, 1.54) is 64.4 Å². The second-order valence-electron chi connectivity index (χ2n) is 15.4. The van der Waals surface area contributed by atoms with E-state index < -0.39 is 0 Å². The predicted octanol–water partition coefficient (Wildman–Crippen LogP) is 12.8. The van der Waals surface area contributed by atoms with Gasteiger partial charge in [0.1, 0.15) is 5.76 Å². The van der Waals surface area contributed by atoms with Crippen LogP contribution in [0.4, 0.5) is 0 Å². The fourth-order valence-electron chi connectivity index (χ4n) is 7.03. The fourth-order valence-corrected chi connectivity index (χ4v) is 7.03. The molecule has 1 aliphatic carbocycles. The monoisotopic (exact) mass is 825 g/mol. The molecule has 5 rings (SSSR count). The van der Waals surface area contributed by atoms with Gasteiger partial charge in [0.15, 0.2) is 5.78 Å². The van der Waals surface area contributed by atoms with E-state index in [1.54, 1.807) is 0 Å². The van der Waals surface area contributed by atoms with Gasteiger partial charge in [-0.1, -0.05) is 99.6 Å². The molecule has 4 aromatic rings. The van der Waals surface area contributed by atoms with Crippen LogP contribution in [-0.2, 0) is 24.9 Å². The number of aryl methyl sites for hydroxylation is 2. The Morgan fingerprint density at radius 2 is 1.46 bits per heavy atom. The second kappa shape index (κ2) is 16.3. The number of aliphatic hydroxyl groups is 1. The number of allylic oxidation sites excluding steroid dienone is 2. The van der Waals surface area contributed by atoms with Gasteiger partial charge in [0, 0.05) is 43.2 Å². The van der Waals surface area contributed by atoms with E-state index in [2.05, 4.69) is 82.3 Å². The van der Waals surface area contributed by atoms with Gasteiger partial charge in [-0.15, -0.1) is 34.9 Å². The van der Waals surface area contributed by atoms with Crippen molar-refractivity contribution in [3.63, 3.8) is 0 Å². The summed E-state index contributed by atoms with van der Waals surface area (Å²) < 4.78 is 0. The van der Waals surface area contributed by atoms with Gasteiger partial charge in [0.25, 0.3) is 0 Å². The number of ketones is 1. The third-order valence-corrected chi connectivity index (χ3v) is 11.6. The zero-order valence-electron chi connectivity index (χ0n) is 31.1. The van der Waals surface area contributed by atoms with Crippen LogP contribution in [0.1, 0.15) is 129 Å². The first-order valence-electron chi connectivity index (χ1n) is 18.0. The molecule has 261 valence electrons. The fraction of sp³-hybridized carbons (Fsp3) is 0.500. The Labute approximate surface area is 304 Å². The van der Waals surface area contributed by atoms with Gasteiger partial charge in [0.2, 0.25) is 0 Å². The van der Waals surface area contributed by atoms with Crippen molar-refractivity contribution in [3.8, 4) is 11.3 Å². The maximum absolute atomic E-state index is 12.2.